The van der Waals surface area contributed by atoms with Crippen molar-refractivity contribution in [2.24, 2.45) is 0 Å². The number of rotatable bonds is 3. The highest BCUT2D eigenvalue weighted by Gasteiger charge is 1.96. The fourth-order valence-electron chi connectivity index (χ4n) is 1.04. The summed E-state index contributed by atoms with van der Waals surface area (Å²) in [6.45, 7) is 6.70. The molecule has 1 aromatic rings. The van der Waals surface area contributed by atoms with Crippen LogP contribution in [0.5, 0.6) is 5.75 Å². The van der Waals surface area contributed by atoms with Crippen molar-refractivity contribution >= 4 is 5.69 Å². The van der Waals surface area contributed by atoms with Gasteiger partial charge in [0.15, 0.2) is 0 Å². The van der Waals surface area contributed by atoms with Crippen molar-refractivity contribution in [1.29, 1.82) is 0 Å². The zero-order chi connectivity index (χ0) is 10.6. The van der Waals surface area contributed by atoms with Crippen LogP contribution in [0.1, 0.15) is 19.4 Å². The summed E-state index contributed by atoms with van der Waals surface area (Å²) in [7, 11) is 0. The van der Waals surface area contributed by atoms with E-state index >= 15 is 0 Å². The largest absolute Gasteiger partial charge is 0.490 e. The highest BCUT2D eigenvalue weighted by atomic mass is 16.5. The lowest BCUT2D eigenvalue weighted by Gasteiger charge is -2.06. The predicted octanol–water partition coefficient (Wildman–Crippen LogP) is 2.92. The summed E-state index contributed by atoms with van der Waals surface area (Å²) in [5.74, 6) is 0.870. The molecule has 2 nitrogen and oxygen atoms in total. The van der Waals surface area contributed by atoms with Crippen LogP contribution in [0.4, 0.5) is 5.69 Å². The minimum Gasteiger partial charge on any atom is -0.490 e. The highest BCUT2D eigenvalue weighted by Crippen LogP contribution is 2.18. The maximum Gasteiger partial charge on any atom is 0.120 e. The molecule has 0 unspecified atom stereocenters. The van der Waals surface area contributed by atoms with Gasteiger partial charge in [-0.05, 0) is 50.6 Å². The normalized spacial score (nSPS) is 9.64. The maximum absolute atomic E-state index is 5.70. The lowest BCUT2D eigenvalue weighted by molar-refractivity contribution is 0.362. The Hall–Kier alpha value is -1.44. The molecule has 0 aliphatic rings. The summed E-state index contributed by atoms with van der Waals surface area (Å²) in [5.41, 5.74) is 8.82. The molecule has 0 aliphatic heterocycles. The molecule has 0 spiro atoms. The maximum atomic E-state index is 5.70. The van der Waals surface area contributed by atoms with Gasteiger partial charge < -0.3 is 10.5 Å². The second kappa shape index (κ2) is 4.70. The van der Waals surface area contributed by atoms with Crippen molar-refractivity contribution in [2.75, 3.05) is 12.3 Å². The Kier molecular flexibility index (Phi) is 3.57. The molecule has 0 atom stereocenters. The molecular weight excluding hydrogens is 174 g/mol. The van der Waals surface area contributed by atoms with Crippen LogP contribution in [-0.2, 0) is 0 Å². The Bertz CT molecular complexity index is 338. The van der Waals surface area contributed by atoms with Gasteiger partial charge in [0.2, 0.25) is 0 Å². The predicted molar refractivity (Wildman–Crippen MR) is 60.5 cm³/mol. The molecule has 1 aromatic carbocycles. The van der Waals surface area contributed by atoms with E-state index in [1.54, 1.807) is 0 Å². The fourth-order valence-corrected chi connectivity index (χ4v) is 1.04. The van der Waals surface area contributed by atoms with Crippen molar-refractivity contribution in [3.63, 3.8) is 0 Å². The summed E-state index contributed by atoms with van der Waals surface area (Å²) in [4.78, 5) is 0. The van der Waals surface area contributed by atoms with Gasteiger partial charge in [-0.3, -0.25) is 0 Å². The number of hydrogen-bond acceptors (Lipinski definition) is 2. The van der Waals surface area contributed by atoms with Crippen LogP contribution >= 0.6 is 0 Å². The molecule has 0 aliphatic carbocycles. The smallest absolute Gasteiger partial charge is 0.120 e. The van der Waals surface area contributed by atoms with E-state index in [4.69, 9.17) is 10.5 Å². The van der Waals surface area contributed by atoms with E-state index in [-0.39, 0.29) is 0 Å². The second-order valence-corrected chi connectivity index (χ2v) is 3.61. The van der Waals surface area contributed by atoms with Crippen LogP contribution in [0.3, 0.4) is 0 Å². The van der Waals surface area contributed by atoms with Gasteiger partial charge in [0.25, 0.3) is 0 Å². The van der Waals surface area contributed by atoms with E-state index in [1.165, 1.54) is 5.57 Å². The molecule has 2 N–H and O–H groups in total. The molecule has 1 rings (SSSR count). The van der Waals surface area contributed by atoms with Crippen molar-refractivity contribution in [1.82, 2.24) is 0 Å². The number of benzene rings is 1. The van der Waals surface area contributed by atoms with E-state index < -0.39 is 0 Å². The van der Waals surface area contributed by atoms with Gasteiger partial charge in [0, 0.05) is 5.69 Å². The van der Waals surface area contributed by atoms with Gasteiger partial charge in [-0.2, -0.15) is 0 Å². The van der Waals surface area contributed by atoms with Crippen LogP contribution in [0, 0.1) is 6.92 Å². The monoisotopic (exact) mass is 191 g/mol. The lowest BCUT2D eigenvalue weighted by Crippen LogP contribution is -1.96. The average molecular weight is 191 g/mol. The molecule has 0 saturated carbocycles. The molecule has 0 aromatic heterocycles. The Morgan fingerprint density at radius 1 is 1.43 bits per heavy atom. The average Bonchev–Trinajstić information content (AvgIpc) is 2.10. The third-order valence-corrected chi connectivity index (χ3v) is 1.98. The summed E-state index contributed by atoms with van der Waals surface area (Å²) >= 11 is 0. The van der Waals surface area contributed by atoms with Crippen LogP contribution in [-0.4, -0.2) is 6.61 Å². The first-order valence-electron chi connectivity index (χ1n) is 4.72. The van der Waals surface area contributed by atoms with Gasteiger partial charge in [-0.1, -0.05) is 5.57 Å². The Morgan fingerprint density at radius 2 is 2.14 bits per heavy atom. The number of allylic oxidation sites excluding steroid dienone is 1. The zero-order valence-corrected chi connectivity index (χ0v) is 9.00. The van der Waals surface area contributed by atoms with Crippen LogP contribution < -0.4 is 10.5 Å². The van der Waals surface area contributed by atoms with E-state index in [1.807, 2.05) is 31.2 Å². The van der Waals surface area contributed by atoms with Gasteiger partial charge >= 0.3 is 0 Å². The van der Waals surface area contributed by atoms with Crippen molar-refractivity contribution < 1.29 is 4.74 Å². The molecule has 0 bridgehead atoms. The molecule has 0 amide bonds. The second-order valence-electron chi connectivity index (χ2n) is 3.61. The van der Waals surface area contributed by atoms with Crippen molar-refractivity contribution in [2.45, 2.75) is 20.8 Å². The van der Waals surface area contributed by atoms with Crippen LogP contribution in [0.2, 0.25) is 0 Å². The molecule has 2 heteroatoms. The fraction of sp³-hybridized carbons (Fsp3) is 0.333. The number of aryl methyl sites for hydroxylation is 1. The summed E-state index contributed by atoms with van der Waals surface area (Å²) in [6, 6.07) is 5.71. The standard InChI is InChI=1S/C12H17NO/c1-9(2)6-7-14-11-4-5-12(13)10(3)8-11/h4-6,8H,7,13H2,1-3H3. The van der Waals surface area contributed by atoms with Gasteiger partial charge in [0.05, 0.1) is 0 Å². The molecule has 76 valence electrons. The number of nitrogens with two attached hydrogens (primary N) is 1. The van der Waals surface area contributed by atoms with Crippen molar-refractivity contribution in [3.05, 3.63) is 35.4 Å². The van der Waals surface area contributed by atoms with E-state index in [2.05, 4.69) is 13.8 Å². The minimum absolute atomic E-state index is 0.617. The quantitative estimate of drug-likeness (QED) is 0.589. The first kappa shape index (κ1) is 10.6. The molecule has 0 saturated heterocycles. The lowest BCUT2D eigenvalue weighted by atomic mass is 10.2. The van der Waals surface area contributed by atoms with E-state index in [0.29, 0.717) is 6.61 Å². The summed E-state index contributed by atoms with van der Waals surface area (Å²) in [6.07, 6.45) is 2.05. The number of hydrogen-bond donors (Lipinski definition) is 1. The van der Waals surface area contributed by atoms with Crippen molar-refractivity contribution in [3.8, 4) is 5.75 Å². The van der Waals surface area contributed by atoms with E-state index in [0.717, 1.165) is 17.0 Å². The van der Waals surface area contributed by atoms with Gasteiger partial charge in [-0.15, -0.1) is 0 Å². The Morgan fingerprint density at radius 3 is 2.71 bits per heavy atom. The number of nitrogen functional groups attached to an aromatic ring is 1. The third-order valence-electron chi connectivity index (χ3n) is 1.98. The molecular formula is C12H17NO. The summed E-state index contributed by atoms with van der Waals surface area (Å²) in [5, 5.41) is 0. The first-order chi connectivity index (χ1) is 6.59. The topological polar surface area (TPSA) is 35.2 Å². The molecule has 0 heterocycles. The minimum atomic E-state index is 0.617. The SMILES string of the molecule is CC(C)=CCOc1ccc(N)c(C)c1. The molecule has 0 radical (unpaired) electrons. The number of ether oxygens (including phenoxy) is 1. The zero-order valence-electron chi connectivity index (χ0n) is 9.00. The first-order valence-corrected chi connectivity index (χ1v) is 4.72. The Balaban J connectivity index is 2.60. The molecule has 14 heavy (non-hydrogen) atoms. The van der Waals surface area contributed by atoms with Gasteiger partial charge in [0.1, 0.15) is 12.4 Å². The van der Waals surface area contributed by atoms with E-state index in [9.17, 15) is 0 Å². The summed E-state index contributed by atoms with van der Waals surface area (Å²) < 4.78 is 5.52. The Labute approximate surface area is 85.4 Å². The number of anilines is 1. The van der Waals surface area contributed by atoms with Crippen LogP contribution in [0.25, 0.3) is 0 Å². The van der Waals surface area contributed by atoms with Gasteiger partial charge in [-0.25, -0.2) is 0 Å². The molecule has 0 fully saturated rings. The third kappa shape index (κ3) is 3.13. The highest BCUT2D eigenvalue weighted by molar-refractivity contribution is 5.49. The van der Waals surface area contributed by atoms with Crippen LogP contribution in [0.15, 0.2) is 29.8 Å².